The van der Waals surface area contributed by atoms with E-state index in [1.165, 1.54) is 0 Å². The van der Waals surface area contributed by atoms with Gasteiger partial charge in [0.25, 0.3) is 0 Å². The van der Waals surface area contributed by atoms with E-state index in [1.54, 1.807) is 0 Å². The van der Waals surface area contributed by atoms with Gasteiger partial charge in [-0.25, -0.2) is 0 Å². The fourth-order valence-electron chi connectivity index (χ4n) is 2.17. The highest BCUT2D eigenvalue weighted by Gasteiger charge is 2.48. The highest BCUT2D eigenvalue weighted by atomic mass is 16.5. The molecular weight excluding hydrogens is 258 g/mol. The van der Waals surface area contributed by atoms with Gasteiger partial charge in [-0.2, -0.15) is 0 Å². The van der Waals surface area contributed by atoms with Crippen LogP contribution < -0.4 is 10.1 Å². The molecule has 5 heteroatoms. The standard InChI is InChI=1S/C15H19NO4/c1-3-20-13-6-9(2)4-5-10(13)8-16-14(17)11-7-12(11)15(18)19/h4-6,11-12H,3,7-8H2,1-2H3,(H,16,17)(H,18,19)/t11-,12+/m0/s1. The van der Waals surface area contributed by atoms with Crippen molar-refractivity contribution in [2.75, 3.05) is 6.61 Å². The zero-order valence-electron chi connectivity index (χ0n) is 11.7. The first-order chi connectivity index (χ1) is 9.52. The Bertz CT molecular complexity index is 527. The van der Waals surface area contributed by atoms with Crippen LogP contribution in [0.3, 0.4) is 0 Å². The van der Waals surface area contributed by atoms with E-state index in [-0.39, 0.29) is 11.8 Å². The molecule has 1 aliphatic rings. The van der Waals surface area contributed by atoms with Crippen molar-refractivity contribution in [1.82, 2.24) is 5.32 Å². The van der Waals surface area contributed by atoms with Crippen LogP contribution in [0.4, 0.5) is 0 Å². The molecule has 0 spiro atoms. The first-order valence-corrected chi connectivity index (χ1v) is 6.75. The maximum Gasteiger partial charge on any atom is 0.307 e. The third-order valence-corrected chi connectivity index (χ3v) is 3.42. The highest BCUT2D eigenvalue weighted by molar-refractivity contribution is 5.89. The number of carboxylic acids is 1. The number of carbonyl (C=O) groups excluding carboxylic acids is 1. The number of rotatable bonds is 6. The molecule has 1 aliphatic carbocycles. The summed E-state index contributed by atoms with van der Waals surface area (Å²) in [6, 6.07) is 5.81. The second-order valence-electron chi connectivity index (χ2n) is 5.05. The van der Waals surface area contributed by atoms with Crippen LogP contribution in [-0.4, -0.2) is 23.6 Å². The van der Waals surface area contributed by atoms with Gasteiger partial charge in [0.05, 0.1) is 18.4 Å². The van der Waals surface area contributed by atoms with Crippen LogP contribution in [0.5, 0.6) is 5.75 Å². The topological polar surface area (TPSA) is 75.6 Å². The lowest BCUT2D eigenvalue weighted by atomic mass is 10.1. The van der Waals surface area contributed by atoms with Crippen molar-refractivity contribution in [1.29, 1.82) is 0 Å². The van der Waals surface area contributed by atoms with Crippen molar-refractivity contribution in [2.24, 2.45) is 11.8 Å². The first-order valence-electron chi connectivity index (χ1n) is 6.75. The van der Waals surface area contributed by atoms with Gasteiger partial charge in [0.1, 0.15) is 5.75 Å². The molecule has 1 fully saturated rings. The summed E-state index contributed by atoms with van der Waals surface area (Å²) in [5.41, 5.74) is 2.00. The normalized spacial score (nSPS) is 20.3. The molecule has 0 heterocycles. The molecule has 2 N–H and O–H groups in total. The van der Waals surface area contributed by atoms with Crippen LogP contribution in [0, 0.1) is 18.8 Å². The molecule has 0 saturated heterocycles. The van der Waals surface area contributed by atoms with E-state index in [4.69, 9.17) is 9.84 Å². The Kier molecular flexibility index (Phi) is 4.27. The van der Waals surface area contributed by atoms with E-state index in [1.807, 2.05) is 32.0 Å². The van der Waals surface area contributed by atoms with Crippen LogP contribution in [-0.2, 0) is 16.1 Å². The third-order valence-electron chi connectivity index (χ3n) is 3.42. The number of aliphatic carboxylic acids is 1. The van der Waals surface area contributed by atoms with E-state index in [0.29, 0.717) is 19.6 Å². The van der Waals surface area contributed by atoms with Crippen LogP contribution in [0.2, 0.25) is 0 Å². The molecule has 0 bridgehead atoms. The summed E-state index contributed by atoms with van der Waals surface area (Å²) in [6.45, 7) is 4.81. The van der Waals surface area contributed by atoms with Crippen molar-refractivity contribution in [2.45, 2.75) is 26.8 Å². The summed E-state index contributed by atoms with van der Waals surface area (Å²) in [6.07, 6.45) is 0.438. The number of hydrogen-bond donors (Lipinski definition) is 2. The molecule has 0 aliphatic heterocycles. The molecule has 2 atom stereocenters. The number of nitrogens with one attached hydrogen (secondary N) is 1. The molecule has 20 heavy (non-hydrogen) atoms. The van der Waals surface area contributed by atoms with Crippen LogP contribution in [0.25, 0.3) is 0 Å². The third kappa shape index (κ3) is 3.29. The Labute approximate surface area is 117 Å². The molecule has 0 radical (unpaired) electrons. The molecule has 1 amide bonds. The average molecular weight is 277 g/mol. The zero-order valence-corrected chi connectivity index (χ0v) is 11.7. The summed E-state index contributed by atoms with van der Waals surface area (Å²) in [5.74, 6) is -1.22. The minimum Gasteiger partial charge on any atom is -0.494 e. The molecule has 1 aromatic rings. The predicted octanol–water partition coefficient (Wildman–Crippen LogP) is 1.73. The Hall–Kier alpha value is -2.04. The van der Waals surface area contributed by atoms with Crippen molar-refractivity contribution in [3.63, 3.8) is 0 Å². The lowest BCUT2D eigenvalue weighted by Crippen LogP contribution is -2.26. The summed E-state index contributed by atoms with van der Waals surface area (Å²) in [5, 5.41) is 11.6. The maximum atomic E-state index is 11.8. The van der Waals surface area contributed by atoms with Gasteiger partial charge in [-0.3, -0.25) is 9.59 Å². The minimum absolute atomic E-state index is 0.194. The molecule has 108 valence electrons. The van der Waals surface area contributed by atoms with E-state index >= 15 is 0 Å². The molecule has 0 unspecified atom stereocenters. The van der Waals surface area contributed by atoms with E-state index in [0.717, 1.165) is 16.9 Å². The van der Waals surface area contributed by atoms with Gasteiger partial charge in [0, 0.05) is 12.1 Å². The molecule has 2 rings (SSSR count). The van der Waals surface area contributed by atoms with E-state index in [9.17, 15) is 9.59 Å². The molecule has 1 aromatic carbocycles. The molecule has 5 nitrogen and oxygen atoms in total. The molecule has 1 saturated carbocycles. The van der Waals surface area contributed by atoms with Gasteiger partial charge in [0.15, 0.2) is 0 Å². The number of ether oxygens (including phenoxy) is 1. The van der Waals surface area contributed by atoms with Gasteiger partial charge in [-0.05, 0) is 31.9 Å². The van der Waals surface area contributed by atoms with Crippen molar-refractivity contribution < 1.29 is 19.4 Å². The van der Waals surface area contributed by atoms with Crippen molar-refractivity contribution in [3.05, 3.63) is 29.3 Å². The van der Waals surface area contributed by atoms with Crippen LogP contribution in [0.15, 0.2) is 18.2 Å². The van der Waals surface area contributed by atoms with E-state index in [2.05, 4.69) is 5.32 Å². The Morgan fingerprint density at radius 3 is 2.75 bits per heavy atom. The summed E-state index contributed by atoms with van der Waals surface area (Å²) >= 11 is 0. The smallest absolute Gasteiger partial charge is 0.307 e. The number of carbonyl (C=O) groups is 2. The Morgan fingerprint density at radius 2 is 2.15 bits per heavy atom. The monoisotopic (exact) mass is 277 g/mol. The zero-order chi connectivity index (χ0) is 14.7. The second-order valence-corrected chi connectivity index (χ2v) is 5.05. The first kappa shape index (κ1) is 14.4. The lowest BCUT2D eigenvalue weighted by Gasteiger charge is -2.12. The van der Waals surface area contributed by atoms with Crippen LogP contribution >= 0.6 is 0 Å². The number of amides is 1. The molecule has 0 aromatic heterocycles. The van der Waals surface area contributed by atoms with Crippen molar-refractivity contribution >= 4 is 11.9 Å². The maximum absolute atomic E-state index is 11.8. The summed E-state index contributed by atoms with van der Waals surface area (Å²) in [7, 11) is 0. The van der Waals surface area contributed by atoms with Crippen LogP contribution in [0.1, 0.15) is 24.5 Å². The minimum atomic E-state index is -0.893. The highest BCUT2D eigenvalue weighted by Crippen LogP contribution is 2.38. The number of carboxylic acid groups (broad SMARTS) is 1. The predicted molar refractivity (Wildman–Crippen MR) is 73.4 cm³/mol. The Balaban J connectivity index is 1.94. The van der Waals surface area contributed by atoms with E-state index < -0.39 is 11.9 Å². The largest absolute Gasteiger partial charge is 0.494 e. The average Bonchev–Trinajstić information content (AvgIpc) is 3.18. The van der Waals surface area contributed by atoms with Gasteiger partial charge < -0.3 is 15.2 Å². The summed E-state index contributed by atoms with van der Waals surface area (Å²) < 4.78 is 5.54. The SMILES string of the molecule is CCOc1cc(C)ccc1CNC(=O)[C@H]1C[C@H]1C(=O)O. The fraction of sp³-hybridized carbons (Fsp3) is 0.467. The second kappa shape index (κ2) is 5.94. The van der Waals surface area contributed by atoms with Gasteiger partial charge >= 0.3 is 5.97 Å². The number of hydrogen-bond acceptors (Lipinski definition) is 3. The van der Waals surface area contributed by atoms with Gasteiger partial charge in [-0.1, -0.05) is 12.1 Å². The molecular formula is C15H19NO4. The fourth-order valence-corrected chi connectivity index (χ4v) is 2.17. The van der Waals surface area contributed by atoms with Gasteiger partial charge in [-0.15, -0.1) is 0 Å². The van der Waals surface area contributed by atoms with Crippen molar-refractivity contribution in [3.8, 4) is 5.75 Å². The Morgan fingerprint density at radius 1 is 1.40 bits per heavy atom. The quantitative estimate of drug-likeness (QED) is 0.830. The number of benzene rings is 1. The lowest BCUT2D eigenvalue weighted by molar-refractivity contribution is -0.140. The summed E-state index contributed by atoms with van der Waals surface area (Å²) in [4.78, 5) is 22.5. The van der Waals surface area contributed by atoms with Gasteiger partial charge in [0.2, 0.25) is 5.91 Å². The number of aryl methyl sites for hydroxylation is 1.